The van der Waals surface area contributed by atoms with Crippen LogP contribution < -0.4 is 5.32 Å². The van der Waals surface area contributed by atoms with E-state index in [-0.39, 0.29) is 0 Å². The minimum atomic E-state index is 0.522. The third-order valence-electron chi connectivity index (χ3n) is 3.40. The normalized spacial score (nSPS) is 24.3. The zero-order valence-corrected chi connectivity index (χ0v) is 12.1. The summed E-state index contributed by atoms with van der Waals surface area (Å²) in [6, 6.07) is 10.0. The van der Waals surface area contributed by atoms with Crippen molar-refractivity contribution in [1.29, 1.82) is 0 Å². The van der Waals surface area contributed by atoms with Crippen molar-refractivity contribution in [3.8, 4) is 0 Å². The van der Waals surface area contributed by atoms with E-state index in [1.54, 1.807) is 0 Å². The lowest BCUT2D eigenvalue weighted by Crippen LogP contribution is -2.50. The third kappa shape index (κ3) is 2.76. The van der Waals surface area contributed by atoms with E-state index < -0.39 is 0 Å². The van der Waals surface area contributed by atoms with Crippen molar-refractivity contribution in [2.45, 2.75) is 25.9 Å². The summed E-state index contributed by atoms with van der Waals surface area (Å²) in [7, 11) is 0. The Balaban J connectivity index is 2.11. The Labute approximate surface area is 112 Å². The Bertz CT molecular complexity index is 336. The highest BCUT2D eigenvalue weighted by Crippen LogP contribution is 2.23. The molecule has 1 aliphatic heterocycles. The number of hydrogen-bond acceptors (Lipinski definition) is 2. The zero-order chi connectivity index (χ0) is 11.5. The van der Waals surface area contributed by atoms with E-state index in [0.29, 0.717) is 12.1 Å². The molecular formula is C13H19IN2. The van der Waals surface area contributed by atoms with Gasteiger partial charge in [-0.3, -0.25) is 4.90 Å². The van der Waals surface area contributed by atoms with E-state index in [1.165, 1.54) is 9.13 Å². The van der Waals surface area contributed by atoms with Gasteiger partial charge in [0.15, 0.2) is 0 Å². The Hall–Kier alpha value is -0.130. The number of halogens is 1. The number of piperazine rings is 1. The standard InChI is InChI=1S/C13H19IN2/c1-10-9-15-7-8-16(10)11(2)12-3-5-13(14)6-4-12/h3-6,10-11,15H,7-9H2,1-2H3/t10-,11+/m1/s1. The van der Waals surface area contributed by atoms with Crippen molar-refractivity contribution in [3.63, 3.8) is 0 Å². The number of nitrogens with one attached hydrogen (secondary N) is 1. The van der Waals surface area contributed by atoms with Crippen LogP contribution in [0.5, 0.6) is 0 Å². The lowest BCUT2D eigenvalue weighted by molar-refractivity contribution is 0.126. The maximum atomic E-state index is 3.44. The molecule has 0 unspecified atom stereocenters. The van der Waals surface area contributed by atoms with E-state index in [1.807, 2.05) is 0 Å². The molecule has 2 atom stereocenters. The van der Waals surface area contributed by atoms with Crippen LogP contribution in [0.3, 0.4) is 0 Å². The number of benzene rings is 1. The lowest BCUT2D eigenvalue weighted by Gasteiger charge is -2.38. The molecule has 0 amide bonds. The van der Waals surface area contributed by atoms with Crippen LogP contribution in [0.2, 0.25) is 0 Å². The Morgan fingerprint density at radius 2 is 2.06 bits per heavy atom. The molecule has 2 rings (SSSR count). The second-order valence-electron chi connectivity index (χ2n) is 4.52. The topological polar surface area (TPSA) is 15.3 Å². The first kappa shape index (κ1) is 12.3. The summed E-state index contributed by atoms with van der Waals surface area (Å²) < 4.78 is 1.31. The molecule has 0 saturated carbocycles. The van der Waals surface area contributed by atoms with E-state index in [2.05, 4.69) is 70.9 Å². The summed E-state index contributed by atoms with van der Waals surface area (Å²) in [5, 5.41) is 3.44. The highest BCUT2D eigenvalue weighted by Gasteiger charge is 2.23. The van der Waals surface area contributed by atoms with Crippen LogP contribution >= 0.6 is 22.6 Å². The van der Waals surface area contributed by atoms with E-state index in [9.17, 15) is 0 Å². The molecule has 1 aromatic rings. The molecule has 1 heterocycles. The molecule has 1 saturated heterocycles. The molecule has 0 bridgehead atoms. The van der Waals surface area contributed by atoms with Crippen molar-refractivity contribution >= 4 is 22.6 Å². The van der Waals surface area contributed by atoms with E-state index in [0.717, 1.165) is 19.6 Å². The molecular weight excluding hydrogens is 311 g/mol. The Kier molecular flexibility index (Phi) is 4.21. The SMILES string of the molecule is C[C@@H]1CNCCN1[C@@H](C)c1ccc(I)cc1. The molecule has 1 N–H and O–H groups in total. The van der Waals surface area contributed by atoms with Crippen LogP contribution in [0.25, 0.3) is 0 Å². The van der Waals surface area contributed by atoms with Gasteiger partial charge in [0, 0.05) is 35.3 Å². The minimum absolute atomic E-state index is 0.522. The first-order valence-corrected chi connectivity index (χ1v) is 6.98. The molecule has 1 aromatic carbocycles. The maximum absolute atomic E-state index is 3.44. The predicted molar refractivity (Wildman–Crippen MR) is 76.6 cm³/mol. The van der Waals surface area contributed by atoms with E-state index >= 15 is 0 Å². The third-order valence-corrected chi connectivity index (χ3v) is 4.12. The summed E-state index contributed by atoms with van der Waals surface area (Å²) in [6.45, 7) is 7.97. The van der Waals surface area contributed by atoms with Gasteiger partial charge in [-0.25, -0.2) is 0 Å². The van der Waals surface area contributed by atoms with Crippen molar-refractivity contribution in [2.24, 2.45) is 0 Å². The minimum Gasteiger partial charge on any atom is -0.314 e. The fourth-order valence-electron chi connectivity index (χ4n) is 2.36. The first-order valence-electron chi connectivity index (χ1n) is 5.90. The Morgan fingerprint density at radius 3 is 2.69 bits per heavy atom. The van der Waals surface area contributed by atoms with Gasteiger partial charge in [-0.05, 0) is 54.1 Å². The van der Waals surface area contributed by atoms with Gasteiger partial charge in [0.2, 0.25) is 0 Å². The summed E-state index contributed by atoms with van der Waals surface area (Å²) in [5.41, 5.74) is 1.43. The predicted octanol–water partition coefficient (Wildman–Crippen LogP) is 2.65. The summed E-state index contributed by atoms with van der Waals surface area (Å²) in [4.78, 5) is 2.58. The van der Waals surface area contributed by atoms with Gasteiger partial charge in [-0.15, -0.1) is 0 Å². The first-order chi connectivity index (χ1) is 7.68. The molecule has 16 heavy (non-hydrogen) atoms. The average molecular weight is 330 g/mol. The van der Waals surface area contributed by atoms with Gasteiger partial charge in [0.1, 0.15) is 0 Å². The number of rotatable bonds is 2. The molecule has 1 aliphatic rings. The molecule has 88 valence electrons. The fraction of sp³-hybridized carbons (Fsp3) is 0.538. The Morgan fingerprint density at radius 1 is 1.38 bits per heavy atom. The van der Waals surface area contributed by atoms with Crippen molar-refractivity contribution in [2.75, 3.05) is 19.6 Å². The van der Waals surface area contributed by atoms with Gasteiger partial charge in [-0.1, -0.05) is 12.1 Å². The summed E-state index contributed by atoms with van der Waals surface area (Å²) in [5.74, 6) is 0. The quantitative estimate of drug-likeness (QED) is 0.839. The molecule has 3 heteroatoms. The monoisotopic (exact) mass is 330 g/mol. The molecule has 0 radical (unpaired) electrons. The fourth-order valence-corrected chi connectivity index (χ4v) is 2.72. The molecule has 0 aliphatic carbocycles. The highest BCUT2D eigenvalue weighted by atomic mass is 127. The number of hydrogen-bond donors (Lipinski definition) is 1. The van der Waals surface area contributed by atoms with Crippen LogP contribution in [0.15, 0.2) is 24.3 Å². The maximum Gasteiger partial charge on any atom is 0.0323 e. The molecule has 0 aromatic heterocycles. The van der Waals surface area contributed by atoms with Gasteiger partial charge < -0.3 is 5.32 Å². The van der Waals surface area contributed by atoms with Crippen molar-refractivity contribution < 1.29 is 0 Å². The second kappa shape index (κ2) is 5.47. The number of nitrogens with zero attached hydrogens (tertiary/aromatic N) is 1. The van der Waals surface area contributed by atoms with Crippen LogP contribution in [-0.4, -0.2) is 30.6 Å². The molecule has 0 spiro atoms. The van der Waals surface area contributed by atoms with Crippen molar-refractivity contribution in [1.82, 2.24) is 10.2 Å². The van der Waals surface area contributed by atoms with E-state index in [4.69, 9.17) is 0 Å². The van der Waals surface area contributed by atoms with Gasteiger partial charge in [-0.2, -0.15) is 0 Å². The van der Waals surface area contributed by atoms with Gasteiger partial charge in [0.25, 0.3) is 0 Å². The lowest BCUT2D eigenvalue weighted by atomic mass is 10.0. The van der Waals surface area contributed by atoms with Crippen LogP contribution in [0, 0.1) is 3.57 Å². The molecule has 2 nitrogen and oxygen atoms in total. The second-order valence-corrected chi connectivity index (χ2v) is 5.76. The highest BCUT2D eigenvalue weighted by molar-refractivity contribution is 14.1. The van der Waals surface area contributed by atoms with Crippen LogP contribution in [0.1, 0.15) is 25.5 Å². The van der Waals surface area contributed by atoms with Gasteiger partial charge >= 0.3 is 0 Å². The average Bonchev–Trinajstić information content (AvgIpc) is 2.30. The van der Waals surface area contributed by atoms with Crippen LogP contribution in [0.4, 0.5) is 0 Å². The van der Waals surface area contributed by atoms with Crippen molar-refractivity contribution in [3.05, 3.63) is 33.4 Å². The summed E-state index contributed by atoms with van der Waals surface area (Å²) >= 11 is 2.35. The smallest absolute Gasteiger partial charge is 0.0323 e. The van der Waals surface area contributed by atoms with Crippen LogP contribution in [-0.2, 0) is 0 Å². The molecule has 1 fully saturated rings. The van der Waals surface area contributed by atoms with Gasteiger partial charge in [0.05, 0.1) is 0 Å². The summed E-state index contributed by atoms with van der Waals surface area (Å²) in [6.07, 6.45) is 0. The largest absolute Gasteiger partial charge is 0.314 e. The zero-order valence-electron chi connectivity index (χ0n) is 9.91.